The summed E-state index contributed by atoms with van der Waals surface area (Å²) in [6, 6.07) is 8.18. The van der Waals surface area contributed by atoms with Crippen molar-refractivity contribution in [3.8, 4) is 5.75 Å². The Morgan fingerprint density at radius 2 is 2.39 bits per heavy atom. The molecule has 1 fully saturated rings. The van der Waals surface area contributed by atoms with Crippen LogP contribution < -0.4 is 16.0 Å². The minimum absolute atomic E-state index is 0.118. The first-order chi connectivity index (χ1) is 8.80. The normalized spacial score (nSPS) is 25.1. The summed E-state index contributed by atoms with van der Waals surface area (Å²) in [7, 11) is 1.68. The predicted octanol–water partition coefficient (Wildman–Crippen LogP) is 2.01. The fraction of sp³-hybridized carbons (Fsp3) is 0.571. The first-order valence-electron chi connectivity index (χ1n) is 6.51. The summed E-state index contributed by atoms with van der Waals surface area (Å²) < 4.78 is 11.0. The fourth-order valence-corrected chi connectivity index (χ4v) is 2.77. The Balaban J connectivity index is 2.21. The summed E-state index contributed by atoms with van der Waals surface area (Å²) in [5.74, 6) is 7.03. The minimum atomic E-state index is 0.118. The second-order valence-corrected chi connectivity index (χ2v) is 4.69. The maximum Gasteiger partial charge on any atom is 0.119 e. The zero-order valence-electron chi connectivity index (χ0n) is 11.1. The van der Waals surface area contributed by atoms with Crippen LogP contribution in [0.4, 0.5) is 0 Å². The standard InChI is InChI=1S/C14H22N2O2/c1-3-13-12(7-8-18-13)14(16-15)10-5-4-6-11(9-10)17-2/h4-6,9,12-14,16H,3,7-8,15H2,1-2H3. The molecule has 1 aliphatic rings. The van der Waals surface area contributed by atoms with Gasteiger partial charge in [-0.2, -0.15) is 0 Å². The zero-order valence-corrected chi connectivity index (χ0v) is 11.1. The zero-order chi connectivity index (χ0) is 13.0. The first-order valence-corrected chi connectivity index (χ1v) is 6.51. The van der Waals surface area contributed by atoms with Gasteiger partial charge in [0, 0.05) is 12.5 Å². The van der Waals surface area contributed by atoms with Gasteiger partial charge in [0.2, 0.25) is 0 Å². The number of hydrogen-bond acceptors (Lipinski definition) is 4. The van der Waals surface area contributed by atoms with Gasteiger partial charge in [0.15, 0.2) is 0 Å². The number of rotatable bonds is 5. The Hall–Kier alpha value is -1.10. The predicted molar refractivity (Wildman–Crippen MR) is 71.2 cm³/mol. The molecule has 3 atom stereocenters. The Morgan fingerprint density at radius 1 is 1.56 bits per heavy atom. The molecule has 0 aliphatic carbocycles. The summed E-state index contributed by atoms with van der Waals surface area (Å²) in [5, 5.41) is 0. The minimum Gasteiger partial charge on any atom is -0.497 e. The fourth-order valence-electron chi connectivity index (χ4n) is 2.77. The summed E-state index contributed by atoms with van der Waals surface area (Å²) >= 11 is 0. The molecular weight excluding hydrogens is 228 g/mol. The van der Waals surface area contributed by atoms with E-state index in [1.54, 1.807) is 7.11 Å². The summed E-state index contributed by atoms with van der Waals surface area (Å²) in [4.78, 5) is 0. The molecule has 0 bridgehead atoms. The monoisotopic (exact) mass is 250 g/mol. The average Bonchev–Trinajstić information content (AvgIpc) is 2.88. The second-order valence-electron chi connectivity index (χ2n) is 4.69. The van der Waals surface area contributed by atoms with Gasteiger partial charge < -0.3 is 9.47 Å². The summed E-state index contributed by atoms with van der Waals surface area (Å²) in [6.45, 7) is 2.98. The van der Waals surface area contributed by atoms with Crippen LogP contribution >= 0.6 is 0 Å². The van der Waals surface area contributed by atoms with Crippen molar-refractivity contribution in [1.82, 2.24) is 5.43 Å². The van der Waals surface area contributed by atoms with Crippen molar-refractivity contribution in [2.75, 3.05) is 13.7 Å². The molecule has 0 aromatic heterocycles. The van der Waals surface area contributed by atoms with Gasteiger partial charge in [0.25, 0.3) is 0 Å². The van der Waals surface area contributed by atoms with Crippen molar-refractivity contribution < 1.29 is 9.47 Å². The van der Waals surface area contributed by atoms with Crippen LogP contribution in [0.2, 0.25) is 0 Å². The number of nitrogens with two attached hydrogens (primary N) is 1. The van der Waals surface area contributed by atoms with Gasteiger partial charge in [-0.25, -0.2) is 0 Å². The molecule has 0 amide bonds. The van der Waals surface area contributed by atoms with E-state index in [4.69, 9.17) is 15.3 Å². The molecule has 18 heavy (non-hydrogen) atoms. The number of ether oxygens (including phenoxy) is 2. The Bertz CT molecular complexity index is 384. The molecule has 3 unspecified atom stereocenters. The molecule has 100 valence electrons. The maximum atomic E-state index is 5.75. The lowest BCUT2D eigenvalue weighted by atomic mass is 9.87. The molecule has 0 radical (unpaired) electrons. The molecule has 1 aliphatic heterocycles. The Morgan fingerprint density at radius 3 is 3.06 bits per heavy atom. The number of benzene rings is 1. The highest BCUT2D eigenvalue weighted by atomic mass is 16.5. The third-order valence-electron chi connectivity index (χ3n) is 3.72. The second kappa shape index (κ2) is 6.18. The molecule has 1 aromatic carbocycles. The number of methoxy groups -OCH3 is 1. The van der Waals surface area contributed by atoms with Gasteiger partial charge in [-0.15, -0.1) is 0 Å². The number of nitrogens with one attached hydrogen (secondary N) is 1. The molecule has 4 heteroatoms. The number of hydrazine groups is 1. The van der Waals surface area contributed by atoms with Crippen LogP contribution in [0.25, 0.3) is 0 Å². The van der Waals surface area contributed by atoms with Crippen molar-refractivity contribution in [3.63, 3.8) is 0 Å². The maximum absolute atomic E-state index is 5.75. The van der Waals surface area contributed by atoms with E-state index in [-0.39, 0.29) is 12.1 Å². The van der Waals surface area contributed by atoms with Gasteiger partial charge in [-0.3, -0.25) is 11.3 Å². The largest absolute Gasteiger partial charge is 0.497 e. The molecule has 0 spiro atoms. The van der Waals surface area contributed by atoms with E-state index in [1.165, 1.54) is 0 Å². The highest BCUT2D eigenvalue weighted by Crippen LogP contribution is 2.35. The van der Waals surface area contributed by atoms with Crippen molar-refractivity contribution in [1.29, 1.82) is 0 Å². The Labute approximate surface area is 108 Å². The molecule has 1 heterocycles. The SMILES string of the molecule is CCC1OCCC1C(NN)c1cccc(OC)c1. The van der Waals surface area contributed by atoms with Crippen LogP contribution in [0.1, 0.15) is 31.4 Å². The van der Waals surface area contributed by atoms with Crippen LogP contribution in [0.15, 0.2) is 24.3 Å². The molecular formula is C14H22N2O2. The van der Waals surface area contributed by atoms with Gasteiger partial charge in [-0.1, -0.05) is 19.1 Å². The average molecular weight is 250 g/mol. The first kappa shape index (κ1) is 13.3. The highest BCUT2D eigenvalue weighted by Gasteiger charge is 2.34. The van der Waals surface area contributed by atoms with Crippen molar-refractivity contribution in [2.45, 2.75) is 31.9 Å². The van der Waals surface area contributed by atoms with Crippen molar-refractivity contribution in [3.05, 3.63) is 29.8 Å². The van der Waals surface area contributed by atoms with Crippen molar-refractivity contribution >= 4 is 0 Å². The highest BCUT2D eigenvalue weighted by molar-refractivity contribution is 5.31. The van der Waals surface area contributed by atoms with E-state index in [2.05, 4.69) is 18.4 Å². The molecule has 0 saturated carbocycles. The van der Waals surface area contributed by atoms with Gasteiger partial charge >= 0.3 is 0 Å². The molecule has 4 nitrogen and oxygen atoms in total. The van der Waals surface area contributed by atoms with Crippen LogP contribution in [0.5, 0.6) is 5.75 Å². The summed E-state index contributed by atoms with van der Waals surface area (Å²) in [5.41, 5.74) is 4.10. The van der Waals surface area contributed by atoms with Crippen LogP contribution in [-0.4, -0.2) is 19.8 Å². The molecule has 3 N–H and O–H groups in total. The lowest BCUT2D eigenvalue weighted by Gasteiger charge is -2.27. The van der Waals surface area contributed by atoms with E-state index in [1.807, 2.05) is 18.2 Å². The van der Waals surface area contributed by atoms with E-state index < -0.39 is 0 Å². The van der Waals surface area contributed by atoms with Crippen LogP contribution in [0.3, 0.4) is 0 Å². The number of hydrogen-bond donors (Lipinski definition) is 2. The molecule has 2 rings (SSSR count). The van der Waals surface area contributed by atoms with E-state index in [0.717, 1.165) is 30.8 Å². The summed E-state index contributed by atoms with van der Waals surface area (Å²) in [6.07, 6.45) is 2.36. The Kier molecular flexibility index (Phi) is 4.58. The lowest BCUT2D eigenvalue weighted by Crippen LogP contribution is -2.36. The smallest absolute Gasteiger partial charge is 0.119 e. The third-order valence-corrected chi connectivity index (χ3v) is 3.72. The molecule has 1 aromatic rings. The van der Waals surface area contributed by atoms with E-state index >= 15 is 0 Å². The van der Waals surface area contributed by atoms with E-state index in [9.17, 15) is 0 Å². The topological polar surface area (TPSA) is 56.5 Å². The quantitative estimate of drug-likeness (QED) is 0.620. The van der Waals surface area contributed by atoms with E-state index in [0.29, 0.717) is 5.92 Å². The van der Waals surface area contributed by atoms with Crippen LogP contribution in [0, 0.1) is 5.92 Å². The van der Waals surface area contributed by atoms with Crippen LogP contribution in [-0.2, 0) is 4.74 Å². The third kappa shape index (κ3) is 2.66. The lowest BCUT2D eigenvalue weighted by molar-refractivity contribution is 0.0774. The van der Waals surface area contributed by atoms with Gasteiger partial charge in [-0.05, 0) is 30.5 Å². The molecule has 1 saturated heterocycles. The van der Waals surface area contributed by atoms with Gasteiger partial charge in [0.05, 0.1) is 19.3 Å². The van der Waals surface area contributed by atoms with Gasteiger partial charge in [0.1, 0.15) is 5.75 Å². The van der Waals surface area contributed by atoms with Crippen molar-refractivity contribution in [2.24, 2.45) is 11.8 Å².